The highest BCUT2D eigenvalue weighted by molar-refractivity contribution is 5.72. The van der Waals surface area contributed by atoms with Gasteiger partial charge < -0.3 is 9.15 Å². The van der Waals surface area contributed by atoms with Crippen molar-refractivity contribution >= 4 is 11.1 Å². The van der Waals surface area contributed by atoms with E-state index in [-0.39, 0.29) is 5.76 Å². The Balaban J connectivity index is 1.66. The Kier molecular flexibility index (Phi) is 4.80. The number of para-hydroxylation sites is 2. The summed E-state index contributed by atoms with van der Waals surface area (Å²) in [5.41, 5.74) is 2.78. The van der Waals surface area contributed by atoms with Crippen LogP contribution < -0.4 is 10.5 Å². The highest BCUT2D eigenvalue weighted by Crippen LogP contribution is 2.31. The van der Waals surface area contributed by atoms with Crippen molar-refractivity contribution in [2.45, 2.75) is 38.4 Å². The van der Waals surface area contributed by atoms with Gasteiger partial charge in [-0.05, 0) is 42.7 Å². The van der Waals surface area contributed by atoms with Gasteiger partial charge in [-0.15, -0.1) is 0 Å². The van der Waals surface area contributed by atoms with E-state index in [1.54, 1.807) is 11.7 Å². The van der Waals surface area contributed by atoms with Gasteiger partial charge in [0.25, 0.3) is 0 Å². The van der Waals surface area contributed by atoms with E-state index in [0.717, 1.165) is 30.7 Å². The summed E-state index contributed by atoms with van der Waals surface area (Å²) in [6, 6.07) is 16.2. The molecule has 1 aromatic heterocycles. The number of methoxy groups -OCH3 is 1. The lowest BCUT2D eigenvalue weighted by atomic mass is 10.0. The molecule has 4 rings (SSSR count). The predicted molar refractivity (Wildman–Crippen MR) is 101 cm³/mol. The van der Waals surface area contributed by atoms with Gasteiger partial charge in [0.15, 0.2) is 5.58 Å². The zero-order valence-electron chi connectivity index (χ0n) is 15.1. The smallest absolute Gasteiger partial charge is 0.421 e. The fourth-order valence-electron chi connectivity index (χ4n) is 3.87. The lowest BCUT2D eigenvalue weighted by molar-refractivity contribution is 0.152. The molecule has 1 fully saturated rings. The number of hydrogen-bond acceptors (Lipinski definition) is 4. The van der Waals surface area contributed by atoms with Crippen LogP contribution in [-0.4, -0.2) is 23.1 Å². The number of hydrogen-bond donors (Lipinski definition) is 0. The molecule has 5 nitrogen and oxygen atoms in total. The summed E-state index contributed by atoms with van der Waals surface area (Å²) in [5.74, 6) is 0.579. The first-order chi connectivity index (χ1) is 12.8. The maximum Gasteiger partial charge on any atom is 0.421 e. The molecular formula is C21H24N2O3. The van der Waals surface area contributed by atoms with E-state index in [4.69, 9.17) is 9.15 Å². The first kappa shape index (κ1) is 16.9. The number of likely N-dealkylation sites (tertiary alicyclic amines) is 1. The molecule has 0 bridgehead atoms. The number of benzene rings is 2. The van der Waals surface area contributed by atoms with Crippen LogP contribution in [-0.2, 0) is 6.67 Å². The van der Waals surface area contributed by atoms with Gasteiger partial charge in [0.2, 0.25) is 0 Å². The Labute approximate surface area is 152 Å². The minimum atomic E-state index is -0.288. The number of fused-ring (bicyclic) bond motifs is 1. The fraction of sp³-hybridized carbons (Fsp3) is 0.381. The Morgan fingerprint density at radius 3 is 2.69 bits per heavy atom. The van der Waals surface area contributed by atoms with Crippen molar-refractivity contribution < 1.29 is 9.15 Å². The number of aromatic nitrogens is 1. The number of ether oxygens (including phenoxy) is 1. The lowest BCUT2D eigenvalue weighted by Gasteiger charge is -2.30. The van der Waals surface area contributed by atoms with Crippen molar-refractivity contribution in [3.8, 4) is 5.75 Å². The Morgan fingerprint density at radius 1 is 1.08 bits per heavy atom. The quantitative estimate of drug-likeness (QED) is 0.707. The van der Waals surface area contributed by atoms with E-state index in [9.17, 15) is 4.79 Å². The van der Waals surface area contributed by atoms with Crippen LogP contribution in [0.25, 0.3) is 11.1 Å². The highest BCUT2D eigenvalue weighted by Gasteiger charge is 2.24. The topological polar surface area (TPSA) is 47.6 Å². The highest BCUT2D eigenvalue weighted by atomic mass is 16.5. The van der Waals surface area contributed by atoms with Gasteiger partial charge in [-0.25, -0.2) is 4.79 Å². The summed E-state index contributed by atoms with van der Waals surface area (Å²) < 4.78 is 12.4. The maximum absolute atomic E-state index is 12.4. The average Bonchev–Trinajstić information content (AvgIpc) is 2.83. The third kappa shape index (κ3) is 3.27. The zero-order valence-corrected chi connectivity index (χ0v) is 15.1. The van der Waals surface area contributed by atoms with E-state index >= 15 is 0 Å². The molecular weight excluding hydrogens is 328 g/mol. The molecule has 2 aromatic carbocycles. The molecule has 1 atom stereocenters. The van der Waals surface area contributed by atoms with Gasteiger partial charge in [0, 0.05) is 12.6 Å². The Hall–Kier alpha value is -2.53. The molecule has 5 heteroatoms. The number of rotatable bonds is 4. The Bertz CT molecular complexity index is 926. The normalized spacial score (nSPS) is 18.7. The molecule has 26 heavy (non-hydrogen) atoms. The van der Waals surface area contributed by atoms with Gasteiger partial charge >= 0.3 is 5.76 Å². The predicted octanol–water partition coefficient (Wildman–Crippen LogP) is 4.18. The van der Waals surface area contributed by atoms with Crippen molar-refractivity contribution in [3.63, 3.8) is 0 Å². The summed E-state index contributed by atoms with van der Waals surface area (Å²) in [5, 5.41) is 0. The third-order valence-electron chi connectivity index (χ3n) is 5.26. The van der Waals surface area contributed by atoms with E-state index in [1.165, 1.54) is 18.4 Å². The standard InChI is InChI=1S/C21H24N2O3/c1-25-17-12-10-16(11-13-17)18-7-3-2-6-14-22(18)15-23-19-8-4-5-9-20(19)26-21(23)24/h4-5,8-13,18H,2-3,6-7,14-15H2,1H3/t18-/m0/s1. The van der Waals surface area contributed by atoms with Crippen molar-refractivity contribution in [1.82, 2.24) is 9.47 Å². The molecule has 1 aliphatic rings. The molecule has 0 aliphatic carbocycles. The average molecular weight is 352 g/mol. The molecule has 0 saturated carbocycles. The second-order valence-corrected chi connectivity index (χ2v) is 6.86. The summed E-state index contributed by atoms with van der Waals surface area (Å²) in [7, 11) is 1.68. The van der Waals surface area contributed by atoms with Gasteiger partial charge in [-0.2, -0.15) is 0 Å². The van der Waals surface area contributed by atoms with E-state index in [1.807, 2.05) is 36.4 Å². The fourth-order valence-corrected chi connectivity index (χ4v) is 3.87. The molecule has 0 N–H and O–H groups in total. The third-order valence-corrected chi connectivity index (χ3v) is 5.26. The van der Waals surface area contributed by atoms with Gasteiger partial charge in [-0.1, -0.05) is 37.1 Å². The van der Waals surface area contributed by atoms with Crippen LogP contribution in [0.1, 0.15) is 37.3 Å². The molecule has 1 saturated heterocycles. The number of nitrogens with zero attached hydrogens (tertiary/aromatic N) is 2. The van der Waals surface area contributed by atoms with Gasteiger partial charge in [0.05, 0.1) is 19.3 Å². The molecule has 0 spiro atoms. The molecule has 3 aromatic rings. The van der Waals surface area contributed by atoms with Crippen LogP contribution in [0.2, 0.25) is 0 Å². The minimum absolute atomic E-state index is 0.288. The first-order valence-electron chi connectivity index (χ1n) is 9.22. The van der Waals surface area contributed by atoms with Crippen LogP contribution in [0.5, 0.6) is 5.75 Å². The summed E-state index contributed by atoms with van der Waals surface area (Å²) >= 11 is 0. The largest absolute Gasteiger partial charge is 0.497 e. The van der Waals surface area contributed by atoms with Crippen LogP contribution >= 0.6 is 0 Å². The SMILES string of the molecule is COc1ccc([C@@H]2CCCCCN2Cn2c(=O)oc3ccccc32)cc1. The lowest BCUT2D eigenvalue weighted by Crippen LogP contribution is -2.33. The zero-order chi connectivity index (χ0) is 17.9. The van der Waals surface area contributed by atoms with Crippen LogP contribution in [0.4, 0.5) is 0 Å². The minimum Gasteiger partial charge on any atom is -0.497 e. The van der Waals surface area contributed by atoms with Crippen molar-refractivity contribution in [3.05, 3.63) is 64.6 Å². The molecule has 0 amide bonds. The van der Waals surface area contributed by atoms with E-state index in [0.29, 0.717) is 18.3 Å². The van der Waals surface area contributed by atoms with Crippen molar-refractivity contribution in [1.29, 1.82) is 0 Å². The summed E-state index contributed by atoms with van der Waals surface area (Å²) in [6.07, 6.45) is 4.67. The van der Waals surface area contributed by atoms with Crippen molar-refractivity contribution in [2.75, 3.05) is 13.7 Å². The first-order valence-corrected chi connectivity index (χ1v) is 9.22. The van der Waals surface area contributed by atoms with Crippen LogP contribution in [0, 0.1) is 0 Å². The molecule has 0 radical (unpaired) electrons. The second kappa shape index (κ2) is 7.38. The summed E-state index contributed by atoms with van der Waals surface area (Å²) in [6.45, 7) is 1.52. The van der Waals surface area contributed by atoms with Crippen LogP contribution in [0.15, 0.2) is 57.7 Å². The van der Waals surface area contributed by atoms with Crippen LogP contribution in [0.3, 0.4) is 0 Å². The molecule has 1 aliphatic heterocycles. The van der Waals surface area contributed by atoms with Gasteiger partial charge in [0.1, 0.15) is 5.75 Å². The molecule has 0 unspecified atom stereocenters. The summed E-state index contributed by atoms with van der Waals surface area (Å²) in [4.78, 5) is 14.8. The molecule has 2 heterocycles. The van der Waals surface area contributed by atoms with E-state index < -0.39 is 0 Å². The molecule has 136 valence electrons. The Morgan fingerprint density at radius 2 is 1.88 bits per heavy atom. The van der Waals surface area contributed by atoms with Crippen molar-refractivity contribution in [2.24, 2.45) is 0 Å². The monoisotopic (exact) mass is 352 g/mol. The maximum atomic E-state index is 12.4. The number of oxazole rings is 1. The van der Waals surface area contributed by atoms with Gasteiger partial charge in [-0.3, -0.25) is 9.47 Å². The van der Waals surface area contributed by atoms with E-state index in [2.05, 4.69) is 17.0 Å². The second-order valence-electron chi connectivity index (χ2n) is 6.86.